The second-order valence-corrected chi connectivity index (χ2v) is 4.37. The van der Waals surface area contributed by atoms with Gasteiger partial charge in [0.2, 0.25) is 0 Å². The maximum Gasteiger partial charge on any atom is 0.265 e. The van der Waals surface area contributed by atoms with E-state index in [1.54, 1.807) is 6.07 Å². The SMILES string of the molecule is COc1cc2c(O)c(C(C)=O)c(=O)n(C)c2cc1OC. The van der Waals surface area contributed by atoms with E-state index in [0.717, 1.165) is 0 Å². The zero-order chi connectivity index (χ0) is 15.0. The summed E-state index contributed by atoms with van der Waals surface area (Å²) in [5.74, 6) is 0.0183. The number of methoxy groups -OCH3 is 2. The predicted octanol–water partition coefficient (Wildman–Crippen LogP) is 1.46. The van der Waals surface area contributed by atoms with Gasteiger partial charge >= 0.3 is 0 Å². The van der Waals surface area contributed by atoms with Crippen LogP contribution >= 0.6 is 0 Å². The largest absolute Gasteiger partial charge is 0.506 e. The van der Waals surface area contributed by atoms with Crippen molar-refractivity contribution in [3.05, 3.63) is 28.0 Å². The molecule has 0 unspecified atom stereocenters. The number of ketones is 1. The van der Waals surface area contributed by atoms with E-state index in [1.807, 2.05) is 0 Å². The van der Waals surface area contributed by atoms with Crippen molar-refractivity contribution in [3.63, 3.8) is 0 Å². The highest BCUT2D eigenvalue weighted by atomic mass is 16.5. The molecular formula is C14H15NO5. The van der Waals surface area contributed by atoms with Crippen molar-refractivity contribution in [2.24, 2.45) is 7.05 Å². The molecule has 0 amide bonds. The summed E-state index contributed by atoms with van der Waals surface area (Å²) in [7, 11) is 4.47. The summed E-state index contributed by atoms with van der Waals surface area (Å²) in [6, 6.07) is 3.12. The van der Waals surface area contributed by atoms with Gasteiger partial charge in [0.25, 0.3) is 5.56 Å². The molecule has 0 radical (unpaired) electrons. The predicted molar refractivity (Wildman–Crippen MR) is 74.0 cm³/mol. The number of fused-ring (bicyclic) bond motifs is 1. The van der Waals surface area contributed by atoms with Crippen LogP contribution in [-0.2, 0) is 7.05 Å². The van der Waals surface area contributed by atoms with Crippen LogP contribution in [-0.4, -0.2) is 29.7 Å². The van der Waals surface area contributed by atoms with Crippen molar-refractivity contribution in [3.8, 4) is 17.2 Å². The highest BCUT2D eigenvalue weighted by Crippen LogP contribution is 2.36. The van der Waals surface area contributed by atoms with Crippen molar-refractivity contribution >= 4 is 16.7 Å². The molecule has 106 valence electrons. The van der Waals surface area contributed by atoms with E-state index >= 15 is 0 Å². The molecule has 0 saturated carbocycles. The first-order valence-corrected chi connectivity index (χ1v) is 5.91. The van der Waals surface area contributed by atoms with E-state index in [2.05, 4.69) is 0 Å². The molecule has 1 heterocycles. The number of ether oxygens (including phenoxy) is 2. The van der Waals surface area contributed by atoms with Gasteiger partial charge in [-0.15, -0.1) is 0 Å². The first kappa shape index (κ1) is 13.9. The van der Waals surface area contributed by atoms with E-state index in [0.29, 0.717) is 22.4 Å². The third kappa shape index (κ3) is 1.89. The van der Waals surface area contributed by atoms with Crippen LogP contribution in [0, 0.1) is 0 Å². The summed E-state index contributed by atoms with van der Waals surface area (Å²) in [5.41, 5.74) is -0.322. The number of nitrogens with zero attached hydrogens (tertiary/aromatic N) is 1. The molecule has 1 aromatic carbocycles. The number of rotatable bonds is 3. The number of pyridine rings is 1. The van der Waals surface area contributed by atoms with Gasteiger partial charge in [0.1, 0.15) is 11.3 Å². The van der Waals surface area contributed by atoms with Crippen molar-refractivity contribution in [2.45, 2.75) is 6.92 Å². The van der Waals surface area contributed by atoms with Crippen LogP contribution in [0.5, 0.6) is 17.2 Å². The van der Waals surface area contributed by atoms with Gasteiger partial charge in [-0.1, -0.05) is 0 Å². The molecule has 0 bridgehead atoms. The normalized spacial score (nSPS) is 10.6. The molecule has 0 aliphatic rings. The van der Waals surface area contributed by atoms with Crippen LogP contribution in [0.4, 0.5) is 0 Å². The van der Waals surface area contributed by atoms with Crippen LogP contribution in [0.25, 0.3) is 10.9 Å². The van der Waals surface area contributed by atoms with Crippen LogP contribution in [0.2, 0.25) is 0 Å². The molecule has 6 nitrogen and oxygen atoms in total. The summed E-state index contributed by atoms with van der Waals surface area (Å²) in [5, 5.41) is 10.5. The number of Topliss-reactive ketones (excluding diaryl/α,β-unsaturated/α-hetero) is 1. The molecule has 6 heteroatoms. The smallest absolute Gasteiger partial charge is 0.265 e. The standard InChI is InChI=1S/C14H15NO5/c1-7(16)12-13(17)8-5-10(19-3)11(20-4)6-9(8)15(2)14(12)18/h5-6,17H,1-4H3. The quantitative estimate of drug-likeness (QED) is 0.859. The number of aromatic hydroxyl groups is 1. The Morgan fingerprint density at radius 2 is 1.75 bits per heavy atom. The fraction of sp³-hybridized carbons (Fsp3) is 0.286. The fourth-order valence-electron chi connectivity index (χ4n) is 2.17. The number of benzene rings is 1. The summed E-state index contributed by atoms with van der Waals surface area (Å²) >= 11 is 0. The number of carbonyl (C=O) groups is 1. The van der Waals surface area contributed by atoms with E-state index in [-0.39, 0.29) is 11.3 Å². The molecule has 0 saturated heterocycles. The molecule has 20 heavy (non-hydrogen) atoms. The van der Waals surface area contributed by atoms with Crippen molar-refractivity contribution in [2.75, 3.05) is 14.2 Å². The fourth-order valence-corrected chi connectivity index (χ4v) is 2.17. The highest BCUT2D eigenvalue weighted by Gasteiger charge is 2.20. The van der Waals surface area contributed by atoms with Gasteiger partial charge in [-0.3, -0.25) is 9.59 Å². The number of carbonyl (C=O) groups excluding carboxylic acids is 1. The third-order valence-corrected chi connectivity index (χ3v) is 3.23. The van der Waals surface area contributed by atoms with E-state index in [1.165, 1.54) is 38.8 Å². The van der Waals surface area contributed by atoms with Crippen molar-refractivity contribution < 1.29 is 19.4 Å². The van der Waals surface area contributed by atoms with Gasteiger partial charge in [-0.05, 0) is 13.0 Å². The minimum Gasteiger partial charge on any atom is -0.506 e. The Morgan fingerprint density at radius 3 is 2.25 bits per heavy atom. The van der Waals surface area contributed by atoms with E-state index < -0.39 is 11.3 Å². The van der Waals surface area contributed by atoms with Crippen LogP contribution in [0.3, 0.4) is 0 Å². The second-order valence-electron chi connectivity index (χ2n) is 4.37. The van der Waals surface area contributed by atoms with Crippen LogP contribution in [0.15, 0.2) is 16.9 Å². The van der Waals surface area contributed by atoms with Crippen molar-refractivity contribution in [1.82, 2.24) is 4.57 Å². The molecule has 0 aliphatic heterocycles. The van der Waals surface area contributed by atoms with Gasteiger partial charge in [-0.25, -0.2) is 0 Å². The Labute approximate surface area is 115 Å². The monoisotopic (exact) mass is 277 g/mol. The lowest BCUT2D eigenvalue weighted by Gasteiger charge is -2.14. The summed E-state index contributed by atoms with van der Waals surface area (Å²) in [6.07, 6.45) is 0. The Balaban J connectivity index is 3.00. The number of aryl methyl sites for hydroxylation is 1. The zero-order valence-corrected chi connectivity index (χ0v) is 11.7. The Kier molecular flexibility index (Phi) is 3.40. The average Bonchev–Trinajstić information content (AvgIpc) is 2.43. The number of hydrogen-bond acceptors (Lipinski definition) is 5. The molecule has 0 fully saturated rings. The average molecular weight is 277 g/mol. The molecule has 0 spiro atoms. The summed E-state index contributed by atoms with van der Waals surface area (Å²) in [4.78, 5) is 23.6. The van der Waals surface area contributed by atoms with Gasteiger partial charge in [0.05, 0.1) is 19.7 Å². The summed E-state index contributed by atoms with van der Waals surface area (Å²) in [6.45, 7) is 1.24. The Hall–Kier alpha value is -2.50. The molecule has 1 aromatic heterocycles. The minimum absolute atomic E-state index is 0.229. The molecule has 1 N–H and O–H groups in total. The van der Waals surface area contributed by atoms with Gasteiger partial charge < -0.3 is 19.1 Å². The van der Waals surface area contributed by atoms with Gasteiger partial charge in [0.15, 0.2) is 17.3 Å². The minimum atomic E-state index is -0.547. The zero-order valence-electron chi connectivity index (χ0n) is 11.7. The summed E-state index contributed by atoms with van der Waals surface area (Å²) < 4.78 is 11.6. The first-order chi connectivity index (χ1) is 9.42. The lowest BCUT2D eigenvalue weighted by Crippen LogP contribution is -2.23. The van der Waals surface area contributed by atoms with Crippen molar-refractivity contribution in [1.29, 1.82) is 0 Å². The van der Waals surface area contributed by atoms with Crippen LogP contribution < -0.4 is 15.0 Å². The van der Waals surface area contributed by atoms with E-state index in [4.69, 9.17) is 9.47 Å². The van der Waals surface area contributed by atoms with Gasteiger partial charge in [0, 0.05) is 18.5 Å². The molecule has 0 atom stereocenters. The molecule has 0 aliphatic carbocycles. The Morgan fingerprint density at radius 1 is 1.20 bits per heavy atom. The Bertz CT molecular complexity index is 760. The highest BCUT2D eigenvalue weighted by molar-refractivity contribution is 6.02. The third-order valence-electron chi connectivity index (χ3n) is 3.23. The lowest BCUT2D eigenvalue weighted by molar-refractivity contribution is 0.101. The van der Waals surface area contributed by atoms with E-state index in [9.17, 15) is 14.7 Å². The first-order valence-electron chi connectivity index (χ1n) is 5.91. The second kappa shape index (κ2) is 4.88. The lowest BCUT2D eigenvalue weighted by atomic mass is 10.1. The molecule has 2 aromatic rings. The number of aromatic nitrogens is 1. The molecule has 2 rings (SSSR count). The van der Waals surface area contributed by atoms with Gasteiger partial charge in [-0.2, -0.15) is 0 Å². The maximum atomic E-state index is 12.1. The number of hydrogen-bond donors (Lipinski definition) is 1. The maximum absolute atomic E-state index is 12.1. The molecular weight excluding hydrogens is 262 g/mol. The van der Waals surface area contributed by atoms with Crippen LogP contribution in [0.1, 0.15) is 17.3 Å². The topological polar surface area (TPSA) is 77.8 Å².